The summed E-state index contributed by atoms with van der Waals surface area (Å²) < 4.78 is 38.2. The SMILES string of the molecule is CCc1cc(Cl)c(S(=O)(=O)O)cc1N=Nc1c([O-])c(C(=O)Nc2cccc(Cl)c2OC)cc2ccccc12.[Na+]. The van der Waals surface area contributed by atoms with Crippen LogP contribution in [0.1, 0.15) is 22.8 Å². The van der Waals surface area contributed by atoms with E-state index in [1.54, 1.807) is 49.4 Å². The number of nitrogens with zero attached hydrogens (tertiary/aromatic N) is 2. The number of nitrogens with one attached hydrogen (secondary N) is 1. The Labute approximate surface area is 256 Å². The van der Waals surface area contributed by atoms with Crippen molar-refractivity contribution in [2.45, 2.75) is 18.2 Å². The van der Waals surface area contributed by atoms with Crippen LogP contribution in [0.5, 0.6) is 11.5 Å². The average molecular weight is 596 g/mol. The minimum absolute atomic E-state index is 0. The predicted molar refractivity (Wildman–Crippen MR) is 144 cm³/mol. The van der Waals surface area contributed by atoms with Gasteiger partial charge >= 0.3 is 29.6 Å². The molecular formula is C26H20Cl2N3NaO6S. The number of hydrogen-bond donors (Lipinski definition) is 2. The van der Waals surface area contributed by atoms with Gasteiger partial charge in [-0.1, -0.05) is 66.2 Å². The molecule has 0 aliphatic rings. The van der Waals surface area contributed by atoms with E-state index >= 15 is 0 Å². The Morgan fingerprint density at radius 2 is 1.77 bits per heavy atom. The number of carbonyl (C=O) groups excluding carboxylic acids is 1. The van der Waals surface area contributed by atoms with Gasteiger partial charge in [-0.15, -0.1) is 0 Å². The summed E-state index contributed by atoms with van der Waals surface area (Å²) in [5.41, 5.74) is 0.561. The number of methoxy groups -OCH3 is 1. The Bertz CT molecular complexity index is 1710. The maximum Gasteiger partial charge on any atom is 1.00 e. The molecule has 4 aromatic rings. The molecule has 1 amide bonds. The zero-order valence-corrected chi connectivity index (χ0v) is 25.4. The van der Waals surface area contributed by atoms with Gasteiger partial charge in [-0.25, -0.2) is 0 Å². The minimum Gasteiger partial charge on any atom is -0.870 e. The number of aryl methyl sites for hydroxylation is 1. The van der Waals surface area contributed by atoms with Gasteiger partial charge in [0.2, 0.25) is 0 Å². The van der Waals surface area contributed by atoms with Crippen LogP contribution in [-0.4, -0.2) is 26.0 Å². The van der Waals surface area contributed by atoms with Crippen molar-refractivity contribution >= 4 is 67.1 Å². The Kier molecular flexibility index (Phi) is 10.0. The van der Waals surface area contributed by atoms with Crippen molar-refractivity contribution in [3.05, 3.63) is 81.8 Å². The van der Waals surface area contributed by atoms with Crippen molar-refractivity contribution in [3.8, 4) is 11.5 Å². The largest absolute Gasteiger partial charge is 1.00 e. The number of anilines is 1. The normalized spacial score (nSPS) is 11.4. The van der Waals surface area contributed by atoms with Gasteiger partial charge in [0.1, 0.15) is 4.90 Å². The number of para-hydroxylation sites is 1. The van der Waals surface area contributed by atoms with E-state index < -0.39 is 26.7 Å². The number of amides is 1. The van der Waals surface area contributed by atoms with Crippen LogP contribution in [0, 0.1) is 0 Å². The number of rotatable bonds is 7. The second kappa shape index (κ2) is 12.6. The average Bonchev–Trinajstić information content (AvgIpc) is 2.87. The van der Waals surface area contributed by atoms with Crippen LogP contribution in [0.3, 0.4) is 0 Å². The van der Waals surface area contributed by atoms with E-state index in [-0.39, 0.29) is 68.0 Å². The summed E-state index contributed by atoms with van der Waals surface area (Å²) in [5, 5.41) is 25.4. The number of ether oxygens (including phenoxy) is 1. The van der Waals surface area contributed by atoms with Crippen LogP contribution in [0.4, 0.5) is 17.1 Å². The summed E-state index contributed by atoms with van der Waals surface area (Å²) in [6, 6.07) is 15.5. The molecule has 2 N–H and O–H groups in total. The molecule has 4 rings (SSSR count). The van der Waals surface area contributed by atoms with E-state index in [0.717, 1.165) is 6.07 Å². The third kappa shape index (κ3) is 6.55. The second-order valence-corrected chi connectivity index (χ2v) is 10.2. The zero-order valence-electron chi connectivity index (χ0n) is 21.0. The summed E-state index contributed by atoms with van der Waals surface area (Å²) in [5.74, 6) is -1.18. The third-order valence-corrected chi connectivity index (χ3v) is 7.31. The standard InChI is InChI=1S/C26H21Cl2N3O6S.Na/c1-3-14-12-19(28)22(38(34,35)36)13-21(14)30-31-23-16-8-5-4-7-15(16)11-17(24(23)32)26(33)29-20-10-6-9-18(27)25(20)37-2;/h4-13,32H,3H2,1-2H3,(H,29,33)(H,34,35,36);/q;+1/p-1. The molecule has 0 aromatic heterocycles. The summed E-state index contributed by atoms with van der Waals surface area (Å²) in [7, 11) is -3.23. The van der Waals surface area contributed by atoms with Gasteiger partial charge in [0, 0.05) is 10.9 Å². The zero-order chi connectivity index (χ0) is 27.6. The molecule has 0 aliphatic carbocycles. The maximum atomic E-state index is 13.5. The van der Waals surface area contributed by atoms with Gasteiger partial charge in [0.05, 0.1) is 34.2 Å². The van der Waals surface area contributed by atoms with Gasteiger partial charge in [-0.3, -0.25) is 9.35 Å². The third-order valence-electron chi connectivity index (χ3n) is 5.69. The molecule has 39 heavy (non-hydrogen) atoms. The molecule has 0 aliphatic heterocycles. The van der Waals surface area contributed by atoms with E-state index in [2.05, 4.69) is 15.5 Å². The van der Waals surface area contributed by atoms with Crippen molar-refractivity contribution in [1.82, 2.24) is 0 Å². The molecule has 9 nitrogen and oxygen atoms in total. The van der Waals surface area contributed by atoms with Crippen molar-refractivity contribution in [2.75, 3.05) is 12.4 Å². The Hall–Kier alpha value is -2.70. The summed E-state index contributed by atoms with van der Waals surface area (Å²) in [6.07, 6.45) is 0.411. The van der Waals surface area contributed by atoms with E-state index in [1.807, 2.05) is 0 Å². The van der Waals surface area contributed by atoms with Crippen LogP contribution >= 0.6 is 23.2 Å². The Morgan fingerprint density at radius 1 is 1.05 bits per heavy atom. The fraction of sp³-hybridized carbons (Fsp3) is 0.115. The topological polar surface area (TPSA) is 140 Å². The molecule has 0 atom stereocenters. The summed E-state index contributed by atoms with van der Waals surface area (Å²) in [6.45, 7) is 1.79. The van der Waals surface area contributed by atoms with Gasteiger partial charge in [0.15, 0.2) is 5.75 Å². The van der Waals surface area contributed by atoms with Gasteiger partial charge in [-0.05, 0) is 47.7 Å². The number of azo groups is 1. The summed E-state index contributed by atoms with van der Waals surface area (Å²) >= 11 is 12.2. The first-order chi connectivity index (χ1) is 18.0. The molecule has 13 heteroatoms. The van der Waals surface area contributed by atoms with E-state index in [4.69, 9.17) is 27.9 Å². The number of benzene rings is 4. The van der Waals surface area contributed by atoms with Crippen molar-refractivity contribution in [1.29, 1.82) is 0 Å². The smallest absolute Gasteiger partial charge is 0.870 e. The molecule has 196 valence electrons. The molecule has 4 aromatic carbocycles. The van der Waals surface area contributed by atoms with Crippen LogP contribution in [-0.2, 0) is 16.5 Å². The Morgan fingerprint density at radius 3 is 2.44 bits per heavy atom. The van der Waals surface area contributed by atoms with Crippen LogP contribution in [0.15, 0.2) is 75.8 Å². The quantitative estimate of drug-likeness (QED) is 0.189. The van der Waals surface area contributed by atoms with E-state index in [9.17, 15) is 22.9 Å². The van der Waals surface area contributed by atoms with Gasteiger partial charge in [0.25, 0.3) is 16.0 Å². The first kappa shape index (κ1) is 30.8. The molecule has 0 unspecified atom stereocenters. The van der Waals surface area contributed by atoms with Crippen molar-refractivity contribution in [3.63, 3.8) is 0 Å². The number of halogens is 2. The molecular weight excluding hydrogens is 576 g/mol. The fourth-order valence-electron chi connectivity index (χ4n) is 3.84. The van der Waals surface area contributed by atoms with E-state index in [1.165, 1.54) is 19.2 Å². The van der Waals surface area contributed by atoms with Crippen molar-refractivity contribution in [2.24, 2.45) is 10.2 Å². The molecule has 0 saturated carbocycles. The van der Waals surface area contributed by atoms with Gasteiger partial charge < -0.3 is 15.2 Å². The molecule has 0 spiro atoms. The maximum absolute atomic E-state index is 13.5. The van der Waals surface area contributed by atoms with Crippen LogP contribution in [0.25, 0.3) is 10.8 Å². The van der Waals surface area contributed by atoms with Crippen LogP contribution in [0.2, 0.25) is 10.0 Å². The molecule has 0 bridgehead atoms. The van der Waals surface area contributed by atoms with Crippen LogP contribution < -0.4 is 44.7 Å². The second-order valence-electron chi connectivity index (χ2n) is 8.04. The minimum atomic E-state index is -4.63. The van der Waals surface area contributed by atoms with Gasteiger partial charge in [-0.2, -0.15) is 18.6 Å². The number of hydrogen-bond acceptors (Lipinski definition) is 7. The monoisotopic (exact) mass is 595 g/mol. The predicted octanol–water partition coefficient (Wildman–Crippen LogP) is 3.71. The first-order valence-corrected chi connectivity index (χ1v) is 13.3. The summed E-state index contributed by atoms with van der Waals surface area (Å²) in [4.78, 5) is 12.6. The Balaban J connectivity index is 0.00000420. The number of carbonyl (C=O) groups is 1. The number of fused-ring (bicyclic) bond motifs is 1. The van der Waals surface area contributed by atoms with E-state index in [0.29, 0.717) is 22.8 Å². The molecule has 0 fully saturated rings. The molecule has 0 saturated heterocycles. The fourth-order valence-corrected chi connectivity index (χ4v) is 5.14. The van der Waals surface area contributed by atoms with Crippen molar-refractivity contribution < 1.29 is 57.2 Å². The molecule has 0 heterocycles. The first-order valence-electron chi connectivity index (χ1n) is 11.1. The molecule has 0 radical (unpaired) electrons.